The second-order valence-electron chi connectivity index (χ2n) is 5.58. The van der Waals surface area contributed by atoms with Crippen molar-refractivity contribution in [3.8, 4) is 11.8 Å². The molecule has 3 nitrogen and oxygen atoms in total. The van der Waals surface area contributed by atoms with E-state index < -0.39 is 5.54 Å². The van der Waals surface area contributed by atoms with Crippen LogP contribution in [0.3, 0.4) is 0 Å². The highest BCUT2D eigenvalue weighted by molar-refractivity contribution is 5.31. The van der Waals surface area contributed by atoms with Crippen molar-refractivity contribution in [1.29, 1.82) is 5.26 Å². The fourth-order valence-corrected chi connectivity index (χ4v) is 2.16. The van der Waals surface area contributed by atoms with Crippen LogP contribution in [0.4, 0.5) is 0 Å². The number of ether oxygens (including phenoxy) is 1. The molecule has 0 saturated heterocycles. The molecule has 0 spiro atoms. The van der Waals surface area contributed by atoms with Gasteiger partial charge in [0.05, 0.1) is 12.7 Å². The number of nitrogens with one attached hydrogen (secondary N) is 1. The van der Waals surface area contributed by atoms with Crippen molar-refractivity contribution in [2.75, 3.05) is 6.61 Å². The van der Waals surface area contributed by atoms with Crippen LogP contribution >= 0.6 is 0 Å². The monoisotopic (exact) mass is 258 g/mol. The zero-order valence-electron chi connectivity index (χ0n) is 11.8. The molecule has 0 amide bonds. The first kappa shape index (κ1) is 13.9. The van der Waals surface area contributed by atoms with Crippen LogP contribution in [0.15, 0.2) is 24.3 Å². The lowest BCUT2D eigenvalue weighted by Crippen LogP contribution is -2.42. The maximum absolute atomic E-state index is 9.27. The number of rotatable bonds is 7. The second kappa shape index (κ2) is 6.08. The van der Waals surface area contributed by atoms with Crippen molar-refractivity contribution in [1.82, 2.24) is 5.32 Å². The third-order valence-corrected chi connectivity index (χ3v) is 3.52. The lowest BCUT2D eigenvalue weighted by Gasteiger charge is -2.23. The lowest BCUT2D eigenvalue weighted by molar-refractivity contribution is 0.283. The Kier molecular flexibility index (Phi) is 4.44. The molecule has 0 aliphatic heterocycles. The standard InChI is InChI=1S/C16H22N2O/c1-13-6-3-4-7-15(13)19-11-5-10-16(2,12-17)18-14-8-9-14/h3-4,6-7,14,18H,5,8-11H2,1-2H3. The summed E-state index contributed by atoms with van der Waals surface area (Å²) in [5, 5.41) is 12.7. The fraction of sp³-hybridized carbons (Fsp3) is 0.562. The van der Waals surface area contributed by atoms with Crippen LogP contribution in [0.25, 0.3) is 0 Å². The Hall–Kier alpha value is -1.53. The molecule has 1 N–H and O–H groups in total. The van der Waals surface area contributed by atoms with Gasteiger partial charge in [-0.2, -0.15) is 5.26 Å². The van der Waals surface area contributed by atoms with E-state index in [1.165, 1.54) is 12.8 Å². The normalized spacial score (nSPS) is 17.5. The van der Waals surface area contributed by atoms with Gasteiger partial charge in [-0.15, -0.1) is 0 Å². The highest BCUT2D eigenvalue weighted by Crippen LogP contribution is 2.24. The summed E-state index contributed by atoms with van der Waals surface area (Å²) in [7, 11) is 0. The molecule has 1 aliphatic carbocycles. The molecule has 1 aliphatic rings. The van der Waals surface area contributed by atoms with Crippen LogP contribution in [0.2, 0.25) is 0 Å². The van der Waals surface area contributed by atoms with E-state index in [1.807, 2.05) is 38.1 Å². The number of hydrogen-bond donors (Lipinski definition) is 1. The Bertz CT molecular complexity index is 462. The average Bonchev–Trinajstić information content (AvgIpc) is 3.20. The Morgan fingerprint density at radius 3 is 2.79 bits per heavy atom. The summed E-state index contributed by atoms with van der Waals surface area (Å²) in [5.41, 5.74) is 0.748. The van der Waals surface area contributed by atoms with Crippen molar-refractivity contribution in [2.45, 2.75) is 51.1 Å². The summed E-state index contributed by atoms with van der Waals surface area (Å²) in [6, 6.07) is 11.0. The minimum atomic E-state index is -0.406. The summed E-state index contributed by atoms with van der Waals surface area (Å²) in [4.78, 5) is 0. The minimum absolute atomic E-state index is 0.406. The van der Waals surface area contributed by atoms with Crippen LogP contribution in [-0.2, 0) is 0 Å². The van der Waals surface area contributed by atoms with E-state index in [9.17, 15) is 5.26 Å². The topological polar surface area (TPSA) is 45.0 Å². The van der Waals surface area contributed by atoms with Gasteiger partial charge in [-0.1, -0.05) is 18.2 Å². The van der Waals surface area contributed by atoms with E-state index >= 15 is 0 Å². The highest BCUT2D eigenvalue weighted by Gasteiger charge is 2.31. The molecule has 2 rings (SSSR count). The number of hydrogen-bond acceptors (Lipinski definition) is 3. The van der Waals surface area contributed by atoms with Crippen molar-refractivity contribution >= 4 is 0 Å². The van der Waals surface area contributed by atoms with Gasteiger partial charge in [-0.05, 0) is 51.2 Å². The molecular weight excluding hydrogens is 236 g/mol. The van der Waals surface area contributed by atoms with Gasteiger partial charge in [0.2, 0.25) is 0 Å². The summed E-state index contributed by atoms with van der Waals surface area (Å²) < 4.78 is 5.76. The molecular formula is C16H22N2O. The summed E-state index contributed by atoms with van der Waals surface area (Å²) >= 11 is 0. The number of para-hydroxylation sites is 1. The molecule has 1 aromatic carbocycles. The maximum atomic E-state index is 9.27. The summed E-state index contributed by atoms with van der Waals surface area (Å²) in [5.74, 6) is 0.941. The van der Waals surface area contributed by atoms with Crippen molar-refractivity contribution < 1.29 is 4.74 Å². The smallest absolute Gasteiger partial charge is 0.122 e. The zero-order chi connectivity index (χ0) is 13.7. The predicted molar refractivity (Wildman–Crippen MR) is 76.1 cm³/mol. The number of aryl methyl sites for hydroxylation is 1. The highest BCUT2D eigenvalue weighted by atomic mass is 16.5. The quantitative estimate of drug-likeness (QED) is 0.764. The molecule has 1 aromatic rings. The molecule has 1 atom stereocenters. The van der Waals surface area contributed by atoms with E-state index in [-0.39, 0.29) is 0 Å². The SMILES string of the molecule is Cc1ccccc1OCCCC(C)(C#N)NC1CC1. The predicted octanol–water partition coefficient (Wildman–Crippen LogP) is 3.19. The van der Waals surface area contributed by atoms with Crippen molar-refractivity contribution in [3.63, 3.8) is 0 Å². The van der Waals surface area contributed by atoms with Gasteiger partial charge in [0.15, 0.2) is 0 Å². The molecule has 0 heterocycles. The van der Waals surface area contributed by atoms with E-state index in [0.29, 0.717) is 12.6 Å². The van der Waals surface area contributed by atoms with E-state index in [4.69, 9.17) is 4.74 Å². The van der Waals surface area contributed by atoms with E-state index in [1.54, 1.807) is 0 Å². The van der Waals surface area contributed by atoms with Gasteiger partial charge >= 0.3 is 0 Å². The Balaban J connectivity index is 1.74. The van der Waals surface area contributed by atoms with E-state index in [2.05, 4.69) is 11.4 Å². The Labute approximate surface area is 115 Å². The summed E-state index contributed by atoms with van der Waals surface area (Å²) in [6.07, 6.45) is 4.12. The number of benzene rings is 1. The zero-order valence-corrected chi connectivity index (χ0v) is 11.8. The third kappa shape index (κ3) is 4.25. The van der Waals surface area contributed by atoms with Gasteiger partial charge in [0.1, 0.15) is 11.3 Å². The Morgan fingerprint density at radius 2 is 2.16 bits per heavy atom. The van der Waals surface area contributed by atoms with Crippen LogP contribution in [0.1, 0.15) is 38.2 Å². The molecule has 3 heteroatoms. The van der Waals surface area contributed by atoms with Gasteiger partial charge in [0, 0.05) is 6.04 Å². The third-order valence-electron chi connectivity index (χ3n) is 3.52. The molecule has 19 heavy (non-hydrogen) atoms. The molecule has 0 aromatic heterocycles. The van der Waals surface area contributed by atoms with Crippen LogP contribution in [0.5, 0.6) is 5.75 Å². The second-order valence-corrected chi connectivity index (χ2v) is 5.58. The Morgan fingerprint density at radius 1 is 1.42 bits per heavy atom. The first-order valence-corrected chi connectivity index (χ1v) is 7.00. The number of nitriles is 1. The molecule has 1 fully saturated rings. The van der Waals surface area contributed by atoms with Crippen LogP contribution in [-0.4, -0.2) is 18.2 Å². The minimum Gasteiger partial charge on any atom is -0.493 e. The van der Waals surface area contributed by atoms with Crippen LogP contribution in [0, 0.1) is 18.3 Å². The fourth-order valence-electron chi connectivity index (χ4n) is 2.16. The van der Waals surface area contributed by atoms with Crippen molar-refractivity contribution in [2.24, 2.45) is 0 Å². The lowest BCUT2D eigenvalue weighted by atomic mass is 9.98. The van der Waals surface area contributed by atoms with Crippen LogP contribution < -0.4 is 10.1 Å². The average molecular weight is 258 g/mol. The van der Waals surface area contributed by atoms with Gasteiger partial charge in [-0.3, -0.25) is 5.32 Å². The molecule has 1 saturated carbocycles. The number of nitrogens with zero attached hydrogens (tertiary/aromatic N) is 1. The van der Waals surface area contributed by atoms with Gasteiger partial charge in [-0.25, -0.2) is 0 Å². The maximum Gasteiger partial charge on any atom is 0.122 e. The molecule has 0 bridgehead atoms. The molecule has 102 valence electrons. The van der Waals surface area contributed by atoms with Crippen molar-refractivity contribution in [3.05, 3.63) is 29.8 Å². The summed E-state index contributed by atoms with van der Waals surface area (Å²) in [6.45, 7) is 4.69. The molecule has 0 radical (unpaired) electrons. The van der Waals surface area contributed by atoms with Gasteiger partial charge in [0.25, 0.3) is 0 Å². The molecule has 1 unspecified atom stereocenters. The van der Waals surface area contributed by atoms with Gasteiger partial charge < -0.3 is 4.74 Å². The first-order chi connectivity index (χ1) is 9.13. The van der Waals surface area contributed by atoms with E-state index in [0.717, 1.165) is 24.2 Å². The first-order valence-electron chi connectivity index (χ1n) is 7.00. The largest absolute Gasteiger partial charge is 0.493 e.